The molecular weight excluding hydrogens is 433 g/mol. The van der Waals surface area contributed by atoms with Crippen molar-refractivity contribution in [3.8, 4) is 6.07 Å². The molecule has 1 N–H and O–H groups in total. The third kappa shape index (κ3) is 4.77. The number of nitro groups is 1. The average molecular weight is 460 g/mol. The number of hydrogen-bond donors (Lipinski definition) is 1. The number of sulfone groups is 1. The number of nitriles is 1. The molecule has 8 nitrogen and oxygen atoms in total. The van der Waals surface area contributed by atoms with Crippen molar-refractivity contribution < 1.29 is 22.3 Å². The number of nitrogens with one attached hydrogen (secondary N) is 1. The third-order valence-corrected chi connectivity index (χ3v) is 9.75. The molecule has 2 rings (SSSR count). The number of nitrogens with zero attached hydrogens (tertiary/aromatic N) is 2. The highest BCUT2D eigenvalue weighted by atomic mass is 32.2. The van der Waals surface area contributed by atoms with E-state index in [1.807, 2.05) is 6.07 Å². The van der Waals surface area contributed by atoms with Gasteiger partial charge >= 0.3 is 0 Å². The number of nitro benzene ring substituents is 1. The van der Waals surface area contributed by atoms with Crippen molar-refractivity contribution in [3.63, 3.8) is 0 Å². The summed E-state index contributed by atoms with van der Waals surface area (Å²) >= 11 is -1.83. The molecule has 1 saturated carbocycles. The standard InChI is InChI=1S/C19H26FN3O5S2/c1-17(2,3)29(26)22-18(4,15-10-14(23(24)25)8-9-16(15)20)12-30(27,28)19(5,11-21)13-6-7-13/h8-10,13,22H,6-7,12H2,1-5H3/t18-,19?,29?/m0/s1. The van der Waals surface area contributed by atoms with E-state index in [9.17, 15) is 32.7 Å². The van der Waals surface area contributed by atoms with Crippen LogP contribution >= 0.6 is 0 Å². The maximum atomic E-state index is 14.8. The maximum Gasteiger partial charge on any atom is 0.269 e. The SMILES string of the molecule is CC(C)(C)[S+]([O-])N[C@@](C)(CS(=O)(=O)C(C)(C#N)C1CC1)c1cc([N+](=O)[O-])ccc1F. The van der Waals surface area contributed by atoms with Crippen molar-refractivity contribution in [2.75, 3.05) is 5.75 Å². The summed E-state index contributed by atoms with van der Waals surface area (Å²) < 4.78 is 54.4. The van der Waals surface area contributed by atoms with Gasteiger partial charge in [-0.1, -0.05) is 0 Å². The molecule has 1 aromatic carbocycles. The van der Waals surface area contributed by atoms with Gasteiger partial charge in [-0.3, -0.25) is 10.1 Å². The molecule has 11 heteroatoms. The summed E-state index contributed by atoms with van der Waals surface area (Å²) in [6.07, 6.45) is 1.18. The predicted molar refractivity (Wildman–Crippen MR) is 112 cm³/mol. The van der Waals surface area contributed by atoms with E-state index in [1.54, 1.807) is 20.8 Å². The van der Waals surface area contributed by atoms with E-state index in [2.05, 4.69) is 4.72 Å². The van der Waals surface area contributed by atoms with Crippen LogP contribution in [0, 0.1) is 33.2 Å². The van der Waals surface area contributed by atoms with E-state index in [0.717, 1.165) is 18.2 Å². The molecule has 1 aliphatic carbocycles. The Kier molecular flexibility index (Phi) is 6.60. The van der Waals surface area contributed by atoms with Crippen molar-refractivity contribution in [1.82, 2.24) is 4.72 Å². The average Bonchev–Trinajstić information content (AvgIpc) is 3.44. The Labute approximate surface area is 179 Å². The van der Waals surface area contributed by atoms with Crippen LogP contribution in [0.5, 0.6) is 0 Å². The minimum absolute atomic E-state index is 0.297. The Morgan fingerprint density at radius 2 is 1.87 bits per heavy atom. The quantitative estimate of drug-likeness (QED) is 0.358. The van der Waals surface area contributed by atoms with Crippen LogP contribution < -0.4 is 4.72 Å². The molecule has 0 heterocycles. The smallest absolute Gasteiger partial charge is 0.269 e. The second-order valence-electron chi connectivity index (χ2n) is 8.99. The van der Waals surface area contributed by atoms with E-state index in [1.165, 1.54) is 13.8 Å². The van der Waals surface area contributed by atoms with E-state index >= 15 is 0 Å². The van der Waals surface area contributed by atoms with Crippen molar-refractivity contribution in [2.45, 2.75) is 62.5 Å². The molecule has 0 amide bonds. The first-order valence-electron chi connectivity index (χ1n) is 9.35. The molecular formula is C19H26FN3O5S2. The van der Waals surface area contributed by atoms with Gasteiger partial charge in [-0.2, -0.15) is 5.26 Å². The predicted octanol–water partition coefficient (Wildman–Crippen LogP) is 3.11. The van der Waals surface area contributed by atoms with E-state index in [0.29, 0.717) is 12.8 Å². The van der Waals surface area contributed by atoms with Gasteiger partial charge in [0, 0.05) is 29.1 Å². The zero-order valence-corrected chi connectivity index (χ0v) is 19.2. The summed E-state index contributed by atoms with van der Waals surface area (Å²) in [4.78, 5) is 10.5. The Bertz CT molecular complexity index is 985. The van der Waals surface area contributed by atoms with Crippen LogP contribution in [-0.4, -0.2) is 33.1 Å². The van der Waals surface area contributed by atoms with Gasteiger partial charge < -0.3 is 4.55 Å². The fourth-order valence-electron chi connectivity index (χ4n) is 3.15. The highest BCUT2D eigenvalue weighted by Crippen LogP contribution is 2.45. The number of hydrogen-bond acceptors (Lipinski definition) is 7. The van der Waals surface area contributed by atoms with Crippen LogP contribution in [0.1, 0.15) is 53.0 Å². The summed E-state index contributed by atoms with van der Waals surface area (Å²) in [5.74, 6) is -1.96. The summed E-state index contributed by atoms with van der Waals surface area (Å²) in [7, 11) is -4.15. The van der Waals surface area contributed by atoms with Crippen LogP contribution in [0.4, 0.5) is 10.1 Å². The van der Waals surface area contributed by atoms with E-state index in [4.69, 9.17) is 0 Å². The summed E-state index contributed by atoms with van der Waals surface area (Å²) in [5, 5.41) is 20.8. The third-order valence-electron chi connectivity index (χ3n) is 5.33. The lowest BCUT2D eigenvalue weighted by Crippen LogP contribution is -2.55. The monoisotopic (exact) mass is 459 g/mol. The van der Waals surface area contributed by atoms with Crippen molar-refractivity contribution >= 4 is 26.9 Å². The molecule has 1 aromatic rings. The summed E-state index contributed by atoms with van der Waals surface area (Å²) in [6, 6.07) is 4.68. The molecule has 0 aromatic heterocycles. The molecule has 0 aliphatic heterocycles. The van der Waals surface area contributed by atoms with Crippen molar-refractivity contribution in [2.24, 2.45) is 5.92 Å². The Morgan fingerprint density at radius 1 is 1.30 bits per heavy atom. The number of non-ortho nitro benzene ring substituents is 1. The maximum absolute atomic E-state index is 14.8. The van der Waals surface area contributed by atoms with Gasteiger partial charge in [0.05, 0.1) is 16.7 Å². The van der Waals surface area contributed by atoms with Crippen LogP contribution in [0.15, 0.2) is 18.2 Å². The number of halogens is 1. The highest BCUT2D eigenvalue weighted by Gasteiger charge is 2.55. The summed E-state index contributed by atoms with van der Waals surface area (Å²) in [6.45, 7) is 7.63. The van der Waals surface area contributed by atoms with Crippen molar-refractivity contribution in [3.05, 3.63) is 39.7 Å². The Hall–Kier alpha value is -1.74. The van der Waals surface area contributed by atoms with Crippen LogP contribution in [0.2, 0.25) is 0 Å². The van der Waals surface area contributed by atoms with Gasteiger partial charge in [0.25, 0.3) is 5.69 Å². The lowest BCUT2D eigenvalue weighted by molar-refractivity contribution is -0.385. The molecule has 0 saturated heterocycles. The normalized spacial score (nSPS) is 19.9. The first kappa shape index (κ1) is 24.5. The van der Waals surface area contributed by atoms with Crippen LogP contribution in [0.25, 0.3) is 0 Å². The zero-order valence-electron chi connectivity index (χ0n) is 17.6. The first-order valence-corrected chi connectivity index (χ1v) is 12.2. The fraction of sp³-hybridized carbons (Fsp3) is 0.632. The van der Waals surface area contributed by atoms with Crippen molar-refractivity contribution in [1.29, 1.82) is 5.26 Å². The molecule has 1 aliphatic rings. The molecule has 2 unspecified atom stereocenters. The molecule has 30 heavy (non-hydrogen) atoms. The van der Waals surface area contributed by atoms with Gasteiger partial charge in [0.2, 0.25) is 0 Å². The molecule has 0 radical (unpaired) electrons. The highest BCUT2D eigenvalue weighted by molar-refractivity contribution is 7.93. The van der Waals surface area contributed by atoms with Gasteiger partial charge in [-0.05, 0) is 59.4 Å². The lowest BCUT2D eigenvalue weighted by atomic mass is 9.94. The topological polar surface area (TPSA) is 136 Å². The first-order chi connectivity index (χ1) is 13.6. The minimum Gasteiger partial charge on any atom is -0.598 e. The van der Waals surface area contributed by atoms with E-state index in [-0.39, 0.29) is 11.5 Å². The second-order valence-corrected chi connectivity index (χ2v) is 13.3. The van der Waals surface area contributed by atoms with Gasteiger partial charge in [0.1, 0.15) is 16.1 Å². The molecule has 0 spiro atoms. The Morgan fingerprint density at radius 3 is 2.30 bits per heavy atom. The van der Waals surface area contributed by atoms with Gasteiger partial charge in [-0.25, -0.2) is 12.8 Å². The van der Waals surface area contributed by atoms with Crippen LogP contribution in [-0.2, 0) is 26.7 Å². The van der Waals surface area contributed by atoms with E-state index < -0.39 is 58.4 Å². The second kappa shape index (κ2) is 8.07. The minimum atomic E-state index is -4.15. The number of benzene rings is 1. The largest absolute Gasteiger partial charge is 0.598 e. The van der Waals surface area contributed by atoms with Gasteiger partial charge in [-0.15, -0.1) is 4.72 Å². The molecule has 1 fully saturated rings. The molecule has 0 bridgehead atoms. The van der Waals surface area contributed by atoms with Gasteiger partial charge in [0.15, 0.2) is 14.6 Å². The molecule has 3 atom stereocenters. The summed E-state index contributed by atoms with van der Waals surface area (Å²) in [5.41, 5.74) is -2.50. The molecule has 166 valence electrons. The fourth-order valence-corrected chi connectivity index (χ4v) is 6.31. The lowest BCUT2D eigenvalue weighted by Gasteiger charge is -2.36. The number of rotatable bonds is 8. The van der Waals surface area contributed by atoms with Crippen LogP contribution in [0.3, 0.4) is 0 Å². The Balaban J connectivity index is 2.62. The zero-order chi connectivity index (χ0) is 23.1.